The predicted octanol–water partition coefficient (Wildman–Crippen LogP) is 3.29. The van der Waals surface area contributed by atoms with Crippen molar-refractivity contribution in [1.82, 2.24) is 4.98 Å². The van der Waals surface area contributed by atoms with E-state index in [0.29, 0.717) is 0 Å². The smallest absolute Gasteiger partial charge is 0.241 e. The van der Waals surface area contributed by atoms with Crippen molar-refractivity contribution >= 4 is 34.1 Å². The molecule has 5 heteroatoms. The summed E-state index contributed by atoms with van der Waals surface area (Å²) in [5.74, 6) is 0.0683. The van der Waals surface area contributed by atoms with Gasteiger partial charge in [-0.2, -0.15) is 0 Å². The molecule has 0 fully saturated rings. The molecule has 2 aromatic rings. The van der Waals surface area contributed by atoms with Gasteiger partial charge in [0.15, 0.2) is 5.13 Å². The first-order valence-corrected chi connectivity index (χ1v) is 7.33. The number of thioether (sulfide) groups is 1. The largest absolute Gasteiger partial charge is 0.290 e. The molecule has 0 aliphatic carbocycles. The third-order valence-corrected chi connectivity index (χ3v) is 4.39. The van der Waals surface area contributed by atoms with Crippen LogP contribution in [0.4, 0.5) is 5.13 Å². The Morgan fingerprint density at radius 2 is 2.11 bits per heavy atom. The van der Waals surface area contributed by atoms with Gasteiger partial charge in [0.25, 0.3) is 0 Å². The van der Waals surface area contributed by atoms with Crippen LogP contribution in [0.25, 0.3) is 0 Å². The number of nitrogens with zero attached hydrogens (tertiary/aromatic N) is 2. The number of aromatic nitrogens is 1. The van der Waals surface area contributed by atoms with Crippen LogP contribution in [-0.2, 0) is 4.79 Å². The number of anilines is 1. The third kappa shape index (κ3) is 3.11. The van der Waals surface area contributed by atoms with E-state index in [1.807, 2.05) is 42.6 Å². The summed E-state index contributed by atoms with van der Waals surface area (Å²) in [6.07, 6.45) is 1.71. The number of rotatable bonds is 4. The summed E-state index contributed by atoms with van der Waals surface area (Å²) in [5.41, 5.74) is 0. The normalized spacial score (nSPS) is 12.1. The van der Waals surface area contributed by atoms with Gasteiger partial charge in [-0.25, -0.2) is 4.98 Å². The molecule has 0 aliphatic heterocycles. The van der Waals surface area contributed by atoms with Gasteiger partial charge in [0.05, 0.1) is 5.25 Å². The summed E-state index contributed by atoms with van der Waals surface area (Å²) in [6.45, 7) is 1.92. The standard InChI is InChI=1S/C13H14N2OS2/c1-10(18-11-6-4-3-5-7-11)12(16)15(2)13-14-8-9-17-13/h3-10H,1-2H3. The minimum absolute atomic E-state index is 0.0683. The maximum atomic E-state index is 12.2. The molecule has 1 amide bonds. The quantitative estimate of drug-likeness (QED) is 0.805. The van der Waals surface area contributed by atoms with Gasteiger partial charge >= 0.3 is 0 Å². The Labute approximate surface area is 115 Å². The molecule has 1 aromatic carbocycles. The van der Waals surface area contributed by atoms with Crippen molar-refractivity contribution in [2.75, 3.05) is 11.9 Å². The molecule has 0 N–H and O–H groups in total. The van der Waals surface area contributed by atoms with E-state index in [1.165, 1.54) is 11.3 Å². The first-order valence-electron chi connectivity index (χ1n) is 5.57. The molecule has 3 nitrogen and oxygen atoms in total. The number of thiazole rings is 1. The lowest BCUT2D eigenvalue weighted by molar-refractivity contribution is -0.117. The van der Waals surface area contributed by atoms with E-state index in [9.17, 15) is 4.79 Å². The molecule has 1 unspecified atom stereocenters. The van der Waals surface area contributed by atoms with Crippen molar-refractivity contribution in [1.29, 1.82) is 0 Å². The van der Waals surface area contributed by atoms with E-state index in [1.54, 1.807) is 29.9 Å². The Kier molecular flexibility index (Phi) is 4.38. The number of carbonyl (C=O) groups is 1. The molecular weight excluding hydrogens is 264 g/mol. The van der Waals surface area contributed by atoms with Gasteiger partial charge in [0, 0.05) is 23.5 Å². The zero-order valence-electron chi connectivity index (χ0n) is 10.2. The molecular formula is C13H14N2OS2. The highest BCUT2D eigenvalue weighted by Gasteiger charge is 2.20. The minimum Gasteiger partial charge on any atom is -0.290 e. The lowest BCUT2D eigenvalue weighted by atomic mass is 10.4. The van der Waals surface area contributed by atoms with Crippen molar-refractivity contribution in [2.24, 2.45) is 0 Å². The van der Waals surface area contributed by atoms with Gasteiger partial charge in [0.2, 0.25) is 5.91 Å². The third-order valence-electron chi connectivity index (χ3n) is 2.44. The number of benzene rings is 1. The zero-order valence-corrected chi connectivity index (χ0v) is 11.9. The molecule has 1 aromatic heterocycles. The maximum absolute atomic E-state index is 12.2. The summed E-state index contributed by atoms with van der Waals surface area (Å²) >= 11 is 3.03. The fraction of sp³-hybridized carbons (Fsp3) is 0.231. The lowest BCUT2D eigenvalue weighted by Gasteiger charge is -2.18. The summed E-state index contributed by atoms with van der Waals surface area (Å²) < 4.78 is 0. The second kappa shape index (κ2) is 6.02. The van der Waals surface area contributed by atoms with Gasteiger partial charge in [-0.1, -0.05) is 18.2 Å². The van der Waals surface area contributed by atoms with Crippen molar-refractivity contribution in [3.05, 3.63) is 41.9 Å². The monoisotopic (exact) mass is 278 g/mol. The molecule has 0 bridgehead atoms. The molecule has 1 heterocycles. The Morgan fingerprint density at radius 1 is 1.39 bits per heavy atom. The van der Waals surface area contributed by atoms with E-state index in [4.69, 9.17) is 0 Å². The highest BCUT2D eigenvalue weighted by molar-refractivity contribution is 8.00. The number of amides is 1. The fourth-order valence-electron chi connectivity index (χ4n) is 1.50. The van der Waals surface area contributed by atoms with Crippen LogP contribution in [0.15, 0.2) is 46.8 Å². The summed E-state index contributed by atoms with van der Waals surface area (Å²) in [7, 11) is 1.77. The summed E-state index contributed by atoms with van der Waals surface area (Å²) in [4.78, 5) is 19.1. The van der Waals surface area contributed by atoms with Crippen LogP contribution in [0.1, 0.15) is 6.92 Å². The molecule has 18 heavy (non-hydrogen) atoms. The van der Waals surface area contributed by atoms with Crippen LogP contribution >= 0.6 is 23.1 Å². The second-order valence-electron chi connectivity index (χ2n) is 3.79. The van der Waals surface area contributed by atoms with Gasteiger partial charge in [0.1, 0.15) is 0 Å². The second-order valence-corrected chi connectivity index (χ2v) is 6.07. The van der Waals surface area contributed by atoms with Gasteiger partial charge in [-0.15, -0.1) is 23.1 Å². The highest BCUT2D eigenvalue weighted by Crippen LogP contribution is 2.25. The lowest BCUT2D eigenvalue weighted by Crippen LogP contribution is -2.33. The molecule has 1 atom stereocenters. The van der Waals surface area contributed by atoms with Crippen molar-refractivity contribution in [3.8, 4) is 0 Å². The predicted molar refractivity (Wildman–Crippen MR) is 77.3 cm³/mol. The average molecular weight is 278 g/mol. The van der Waals surface area contributed by atoms with Crippen molar-refractivity contribution < 1.29 is 4.79 Å². The fourth-order valence-corrected chi connectivity index (χ4v) is 3.10. The van der Waals surface area contributed by atoms with Crippen LogP contribution in [-0.4, -0.2) is 23.2 Å². The van der Waals surface area contributed by atoms with Gasteiger partial charge < -0.3 is 0 Å². The summed E-state index contributed by atoms with van der Waals surface area (Å²) in [6, 6.07) is 9.95. The van der Waals surface area contributed by atoms with Crippen molar-refractivity contribution in [2.45, 2.75) is 17.1 Å². The topological polar surface area (TPSA) is 33.2 Å². The van der Waals surface area contributed by atoms with Crippen LogP contribution in [0.5, 0.6) is 0 Å². The van der Waals surface area contributed by atoms with Crippen LogP contribution in [0.3, 0.4) is 0 Å². The summed E-state index contributed by atoms with van der Waals surface area (Å²) in [5, 5.41) is 2.48. The molecule has 0 aliphatic rings. The first kappa shape index (κ1) is 13.1. The zero-order chi connectivity index (χ0) is 13.0. The number of hydrogen-bond donors (Lipinski definition) is 0. The molecule has 0 spiro atoms. The van der Waals surface area contributed by atoms with Crippen LogP contribution < -0.4 is 4.90 Å². The SMILES string of the molecule is CC(Sc1ccccc1)C(=O)N(C)c1nccs1. The van der Waals surface area contributed by atoms with Gasteiger partial charge in [-0.3, -0.25) is 9.69 Å². The number of hydrogen-bond acceptors (Lipinski definition) is 4. The van der Waals surface area contributed by atoms with Crippen LogP contribution in [0, 0.1) is 0 Å². The maximum Gasteiger partial charge on any atom is 0.241 e. The Hall–Kier alpha value is -1.33. The van der Waals surface area contributed by atoms with E-state index in [0.717, 1.165) is 10.0 Å². The van der Waals surface area contributed by atoms with Gasteiger partial charge in [-0.05, 0) is 19.1 Å². The highest BCUT2D eigenvalue weighted by atomic mass is 32.2. The Bertz CT molecular complexity index is 499. The molecule has 0 saturated heterocycles. The molecule has 0 radical (unpaired) electrons. The van der Waals surface area contributed by atoms with E-state index in [-0.39, 0.29) is 11.2 Å². The van der Waals surface area contributed by atoms with Crippen LogP contribution in [0.2, 0.25) is 0 Å². The Balaban J connectivity index is 2.01. The molecule has 94 valence electrons. The van der Waals surface area contributed by atoms with E-state index < -0.39 is 0 Å². The van der Waals surface area contributed by atoms with Crippen molar-refractivity contribution in [3.63, 3.8) is 0 Å². The Morgan fingerprint density at radius 3 is 2.72 bits per heavy atom. The number of carbonyl (C=O) groups excluding carboxylic acids is 1. The molecule has 2 rings (SSSR count). The average Bonchev–Trinajstić information content (AvgIpc) is 2.92. The first-order chi connectivity index (χ1) is 8.68. The minimum atomic E-state index is -0.124. The van der Waals surface area contributed by atoms with E-state index in [2.05, 4.69) is 4.98 Å². The molecule has 0 saturated carbocycles. The van der Waals surface area contributed by atoms with E-state index >= 15 is 0 Å².